The average molecular weight is 349 g/mol. The van der Waals surface area contributed by atoms with Crippen LogP contribution >= 0.6 is 11.6 Å². The summed E-state index contributed by atoms with van der Waals surface area (Å²) >= 11 is 6.20. The lowest BCUT2D eigenvalue weighted by atomic mass is 9.58. The van der Waals surface area contributed by atoms with E-state index in [9.17, 15) is 5.11 Å². The molecule has 128 valence electrons. The highest BCUT2D eigenvalue weighted by atomic mass is 35.5. The van der Waals surface area contributed by atoms with Crippen molar-refractivity contribution in [3.63, 3.8) is 0 Å². The minimum atomic E-state index is -0.227. The Balaban J connectivity index is 1.41. The number of aromatic nitrogens is 1. The normalized spacial score (nSPS) is 25.6. The topological polar surface area (TPSA) is 67.5 Å². The summed E-state index contributed by atoms with van der Waals surface area (Å²) in [5, 5.41) is 18.5. The van der Waals surface area contributed by atoms with Crippen LogP contribution in [-0.4, -0.2) is 35.6 Å². The molecule has 1 saturated heterocycles. The van der Waals surface area contributed by atoms with Crippen LogP contribution in [0, 0.1) is 5.41 Å². The molecule has 1 aromatic carbocycles. The molecular weight excluding hydrogens is 328 g/mol. The van der Waals surface area contributed by atoms with Crippen LogP contribution in [0.5, 0.6) is 0 Å². The van der Waals surface area contributed by atoms with Crippen LogP contribution in [0.3, 0.4) is 0 Å². The van der Waals surface area contributed by atoms with Gasteiger partial charge in [0.25, 0.3) is 0 Å². The van der Waals surface area contributed by atoms with Gasteiger partial charge in [-0.25, -0.2) is 0 Å². The van der Waals surface area contributed by atoms with Crippen molar-refractivity contribution in [1.29, 1.82) is 0 Å². The Kier molecular flexibility index (Phi) is 4.35. The number of ether oxygens (including phenoxy) is 1. The number of hydrogen-bond acceptors (Lipinski definition) is 5. The van der Waals surface area contributed by atoms with Gasteiger partial charge in [-0.3, -0.25) is 0 Å². The van der Waals surface area contributed by atoms with E-state index >= 15 is 0 Å². The maximum absolute atomic E-state index is 10.2. The van der Waals surface area contributed by atoms with Crippen molar-refractivity contribution in [3.05, 3.63) is 41.0 Å². The molecule has 2 heterocycles. The fourth-order valence-electron chi connectivity index (χ4n) is 3.90. The smallest absolute Gasteiger partial charge is 0.168 e. The first-order chi connectivity index (χ1) is 11.7. The zero-order valence-electron chi connectivity index (χ0n) is 13.4. The maximum atomic E-state index is 10.2. The van der Waals surface area contributed by atoms with Crippen molar-refractivity contribution in [3.8, 4) is 11.3 Å². The minimum absolute atomic E-state index is 0.0342. The van der Waals surface area contributed by atoms with Crippen molar-refractivity contribution in [2.75, 3.05) is 13.2 Å². The first-order valence-electron chi connectivity index (χ1n) is 8.39. The fourth-order valence-corrected chi connectivity index (χ4v) is 4.12. The standard InChI is InChI=1S/C18H21ClN2O3/c19-14-4-2-1-3-13(14)15-9-12(21-24-15)11-20-16-10-17(22)18(16)5-7-23-8-6-18/h1-4,9,16-17,20,22H,5-8,10-11H2/t16-,17-/m1/s1. The van der Waals surface area contributed by atoms with Crippen LogP contribution in [0.1, 0.15) is 25.0 Å². The third kappa shape index (κ3) is 2.75. The van der Waals surface area contributed by atoms with E-state index < -0.39 is 0 Å². The zero-order valence-corrected chi connectivity index (χ0v) is 14.1. The molecule has 1 aliphatic carbocycles. The Labute approximate surface area is 145 Å². The van der Waals surface area contributed by atoms with Gasteiger partial charge in [-0.15, -0.1) is 0 Å². The monoisotopic (exact) mass is 348 g/mol. The lowest BCUT2D eigenvalue weighted by Crippen LogP contribution is -2.64. The number of halogens is 1. The summed E-state index contributed by atoms with van der Waals surface area (Å²) < 4.78 is 10.9. The SMILES string of the molecule is O[C@@H]1C[C@@H](NCc2cc(-c3ccccc3Cl)on2)C12CCOCC2. The van der Waals surface area contributed by atoms with Crippen LogP contribution in [0.2, 0.25) is 5.02 Å². The van der Waals surface area contributed by atoms with E-state index in [-0.39, 0.29) is 11.5 Å². The molecule has 5 nitrogen and oxygen atoms in total. The van der Waals surface area contributed by atoms with Crippen LogP contribution in [0.15, 0.2) is 34.9 Å². The molecule has 1 aromatic heterocycles. The lowest BCUT2D eigenvalue weighted by molar-refractivity contribution is -0.149. The van der Waals surface area contributed by atoms with Gasteiger partial charge in [0, 0.05) is 42.8 Å². The van der Waals surface area contributed by atoms with E-state index in [1.165, 1.54) is 0 Å². The van der Waals surface area contributed by atoms with Crippen molar-refractivity contribution in [2.24, 2.45) is 5.41 Å². The van der Waals surface area contributed by atoms with Gasteiger partial charge in [-0.2, -0.15) is 0 Å². The van der Waals surface area contributed by atoms with Crippen molar-refractivity contribution in [2.45, 2.75) is 38.0 Å². The molecule has 1 spiro atoms. The largest absolute Gasteiger partial charge is 0.392 e. The number of rotatable bonds is 4. The van der Waals surface area contributed by atoms with Crippen molar-refractivity contribution >= 4 is 11.6 Å². The molecule has 0 bridgehead atoms. The average Bonchev–Trinajstić information content (AvgIpc) is 3.08. The Hall–Kier alpha value is -1.40. The summed E-state index contributed by atoms with van der Waals surface area (Å²) in [6.07, 6.45) is 2.38. The van der Waals surface area contributed by atoms with Gasteiger partial charge in [-0.1, -0.05) is 28.9 Å². The molecule has 2 atom stereocenters. The van der Waals surface area contributed by atoms with E-state index in [1.807, 2.05) is 30.3 Å². The number of hydrogen-bond donors (Lipinski definition) is 2. The summed E-state index contributed by atoms with van der Waals surface area (Å²) in [6.45, 7) is 2.08. The van der Waals surface area contributed by atoms with Gasteiger partial charge in [0.05, 0.1) is 16.8 Å². The number of nitrogens with zero attached hydrogens (tertiary/aromatic N) is 1. The molecule has 24 heavy (non-hydrogen) atoms. The molecule has 4 rings (SSSR count). The second-order valence-corrected chi connectivity index (χ2v) is 7.10. The highest BCUT2D eigenvalue weighted by Crippen LogP contribution is 2.49. The van der Waals surface area contributed by atoms with Gasteiger partial charge in [0.15, 0.2) is 5.76 Å². The Bertz CT molecular complexity index is 712. The van der Waals surface area contributed by atoms with Crippen LogP contribution in [0.4, 0.5) is 0 Å². The van der Waals surface area contributed by atoms with Crippen LogP contribution in [-0.2, 0) is 11.3 Å². The second-order valence-electron chi connectivity index (χ2n) is 6.69. The van der Waals surface area contributed by atoms with E-state index in [0.29, 0.717) is 23.4 Å². The third-order valence-corrected chi connectivity index (χ3v) is 5.80. The van der Waals surface area contributed by atoms with E-state index in [0.717, 1.165) is 43.7 Å². The molecule has 1 saturated carbocycles. The fraction of sp³-hybridized carbons (Fsp3) is 0.500. The van der Waals surface area contributed by atoms with Crippen molar-refractivity contribution < 1.29 is 14.4 Å². The van der Waals surface area contributed by atoms with Gasteiger partial charge in [0.2, 0.25) is 0 Å². The summed E-state index contributed by atoms with van der Waals surface area (Å²) in [6, 6.07) is 9.78. The van der Waals surface area contributed by atoms with Gasteiger partial charge < -0.3 is 19.7 Å². The first-order valence-corrected chi connectivity index (χ1v) is 8.76. The maximum Gasteiger partial charge on any atom is 0.168 e. The van der Waals surface area contributed by atoms with Crippen LogP contribution in [0.25, 0.3) is 11.3 Å². The second kappa shape index (κ2) is 6.48. The molecule has 0 radical (unpaired) electrons. The van der Waals surface area contributed by atoms with Crippen molar-refractivity contribution in [1.82, 2.24) is 10.5 Å². The molecule has 0 amide bonds. The Morgan fingerprint density at radius 3 is 2.83 bits per heavy atom. The van der Waals surface area contributed by atoms with E-state index in [2.05, 4.69) is 10.5 Å². The molecule has 2 N–H and O–H groups in total. The highest BCUT2D eigenvalue weighted by Gasteiger charge is 2.54. The Morgan fingerprint density at radius 1 is 1.29 bits per heavy atom. The molecule has 1 aliphatic heterocycles. The summed E-state index contributed by atoms with van der Waals surface area (Å²) in [4.78, 5) is 0. The molecule has 2 fully saturated rings. The highest BCUT2D eigenvalue weighted by molar-refractivity contribution is 6.33. The molecule has 2 aromatic rings. The number of aliphatic hydroxyl groups excluding tert-OH is 1. The molecule has 0 unspecified atom stereocenters. The zero-order chi connectivity index (χ0) is 16.6. The predicted molar refractivity (Wildman–Crippen MR) is 90.7 cm³/mol. The molecular formula is C18H21ClN2O3. The van der Waals surface area contributed by atoms with Gasteiger partial charge in [-0.05, 0) is 31.4 Å². The number of nitrogens with one attached hydrogen (secondary N) is 1. The lowest BCUT2D eigenvalue weighted by Gasteiger charge is -2.55. The number of benzene rings is 1. The molecule has 2 aliphatic rings. The minimum Gasteiger partial charge on any atom is -0.392 e. The van der Waals surface area contributed by atoms with Gasteiger partial charge >= 0.3 is 0 Å². The first kappa shape index (κ1) is 16.1. The molecule has 6 heteroatoms. The Morgan fingerprint density at radius 2 is 2.08 bits per heavy atom. The number of aliphatic hydroxyl groups is 1. The van der Waals surface area contributed by atoms with E-state index in [4.69, 9.17) is 20.9 Å². The van der Waals surface area contributed by atoms with Crippen LogP contribution < -0.4 is 5.32 Å². The van der Waals surface area contributed by atoms with Gasteiger partial charge in [0.1, 0.15) is 0 Å². The summed E-state index contributed by atoms with van der Waals surface area (Å²) in [5.41, 5.74) is 1.65. The van der Waals surface area contributed by atoms with E-state index in [1.54, 1.807) is 0 Å². The summed E-state index contributed by atoms with van der Waals surface area (Å²) in [7, 11) is 0. The quantitative estimate of drug-likeness (QED) is 0.889. The summed E-state index contributed by atoms with van der Waals surface area (Å²) in [5.74, 6) is 0.673. The third-order valence-electron chi connectivity index (χ3n) is 5.47. The predicted octanol–water partition coefficient (Wildman–Crippen LogP) is 3.01.